The summed E-state index contributed by atoms with van der Waals surface area (Å²) in [4.78, 5) is 29.5. The van der Waals surface area contributed by atoms with E-state index in [4.69, 9.17) is 9.26 Å². The number of likely N-dealkylation sites (tertiary alicyclic amines) is 1. The number of aryl methyl sites for hydroxylation is 1. The number of hydrogen-bond donors (Lipinski definition) is 0. The molecule has 0 aromatic carbocycles. The van der Waals surface area contributed by atoms with Crippen molar-refractivity contribution in [3.8, 4) is 0 Å². The topological polar surface area (TPSA) is 75.9 Å². The van der Waals surface area contributed by atoms with Gasteiger partial charge in [0.05, 0.1) is 24.5 Å². The maximum Gasteiger partial charge on any atom is 0.235 e. The highest BCUT2D eigenvalue weighted by Gasteiger charge is 2.67. The van der Waals surface area contributed by atoms with Crippen LogP contribution in [0.4, 0.5) is 5.82 Å². The molecule has 7 heteroatoms. The van der Waals surface area contributed by atoms with Gasteiger partial charge in [-0.25, -0.2) is 0 Å². The summed E-state index contributed by atoms with van der Waals surface area (Å²) < 4.78 is 11.2. The quantitative estimate of drug-likeness (QED) is 0.753. The molecule has 5 rings (SSSR count). The smallest absolute Gasteiger partial charge is 0.235 e. The van der Waals surface area contributed by atoms with Gasteiger partial charge in [-0.05, 0) is 19.8 Å². The summed E-state index contributed by atoms with van der Waals surface area (Å²) in [5.74, 6) is 0.232. The molecule has 7 nitrogen and oxygen atoms in total. The van der Waals surface area contributed by atoms with Crippen LogP contribution in [-0.4, -0.2) is 53.2 Å². The van der Waals surface area contributed by atoms with E-state index < -0.39 is 17.4 Å². The number of nitrogens with zero attached hydrogens (tertiary/aromatic N) is 3. The minimum atomic E-state index is -0.700. The third kappa shape index (κ3) is 1.73. The number of anilines is 1. The second-order valence-electron chi connectivity index (χ2n) is 7.15. The molecule has 0 radical (unpaired) electrons. The van der Waals surface area contributed by atoms with E-state index in [2.05, 4.69) is 5.16 Å². The van der Waals surface area contributed by atoms with Crippen LogP contribution in [0.15, 0.2) is 22.7 Å². The molecule has 2 amide bonds. The number of ether oxygens (including phenoxy) is 1. The molecule has 126 valence electrons. The number of fused-ring (bicyclic) bond motifs is 1. The zero-order valence-corrected chi connectivity index (χ0v) is 13.5. The minimum absolute atomic E-state index is 0.0558. The molecule has 0 unspecified atom stereocenters. The first-order valence-electron chi connectivity index (χ1n) is 8.50. The molecule has 0 N–H and O–H groups in total. The van der Waals surface area contributed by atoms with Crippen molar-refractivity contribution >= 4 is 17.6 Å². The highest BCUT2D eigenvalue weighted by atomic mass is 16.5. The Bertz CT molecular complexity index is 751. The van der Waals surface area contributed by atoms with Crippen LogP contribution >= 0.6 is 0 Å². The van der Waals surface area contributed by atoms with Crippen LogP contribution in [0.3, 0.4) is 0 Å². The van der Waals surface area contributed by atoms with Crippen molar-refractivity contribution in [2.75, 3.05) is 24.5 Å². The van der Waals surface area contributed by atoms with Crippen LogP contribution in [0.5, 0.6) is 0 Å². The van der Waals surface area contributed by atoms with E-state index >= 15 is 0 Å². The van der Waals surface area contributed by atoms with Gasteiger partial charge < -0.3 is 14.2 Å². The maximum atomic E-state index is 13.1. The number of hydrogen-bond acceptors (Lipinski definition) is 5. The summed E-state index contributed by atoms with van der Waals surface area (Å²) in [6, 6.07) is 1.74. The van der Waals surface area contributed by atoms with Gasteiger partial charge in [-0.2, -0.15) is 0 Å². The molecule has 2 bridgehead atoms. The summed E-state index contributed by atoms with van der Waals surface area (Å²) in [6.45, 7) is 3.74. The SMILES string of the molecule is Cc1cc(N2C[C@]34C=C[C@@H](O3)[C@@H](C(=O)N3CCCC3)[C@@H]4C2=O)no1. The Morgan fingerprint density at radius 2 is 2.17 bits per heavy atom. The summed E-state index contributed by atoms with van der Waals surface area (Å²) in [5.41, 5.74) is -0.700. The fourth-order valence-electron chi connectivity index (χ4n) is 4.60. The average molecular weight is 329 g/mol. The molecule has 1 aromatic heterocycles. The number of carbonyl (C=O) groups is 2. The molecular weight excluding hydrogens is 310 g/mol. The Balaban J connectivity index is 1.49. The number of amides is 2. The molecule has 1 aromatic rings. The van der Waals surface area contributed by atoms with Crippen molar-refractivity contribution < 1.29 is 18.8 Å². The van der Waals surface area contributed by atoms with E-state index in [0.717, 1.165) is 25.9 Å². The summed E-state index contributed by atoms with van der Waals surface area (Å²) in [5, 5.41) is 3.96. The molecule has 3 fully saturated rings. The largest absolute Gasteiger partial charge is 0.360 e. The van der Waals surface area contributed by atoms with Gasteiger partial charge in [-0.1, -0.05) is 17.3 Å². The molecule has 0 saturated carbocycles. The van der Waals surface area contributed by atoms with Crippen molar-refractivity contribution in [2.24, 2.45) is 11.8 Å². The van der Waals surface area contributed by atoms with Crippen LogP contribution < -0.4 is 4.90 Å². The Kier molecular flexibility index (Phi) is 2.78. The second kappa shape index (κ2) is 4.69. The highest BCUT2D eigenvalue weighted by molar-refractivity contribution is 6.02. The van der Waals surface area contributed by atoms with Crippen molar-refractivity contribution in [3.05, 3.63) is 24.0 Å². The van der Waals surface area contributed by atoms with E-state index in [0.29, 0.717) is 18.1 Å². The monoisotopic (exact) mass is 329 g/mol. The molecule has 24 heavy (non-hydrogen) atoms. The van der Waals surface area contributed by atoms with Gasteiger partial charge in [-0.15, -0.1) is 0 Å². The Morgan fingerprint density at radius 1 is 1.38 bits per heavy atom. The second-order valence-corrected chi connectivity index (χ2v) is 7.15. The lowest BCUT2D eigenvalue weighted by Crippen LogP contribution is -2.45. The van der Waals surface area contributed by atoms with Crippen molar-refractivity contribution in [2.45, 2.75) is 31.5 Å². The van der Waals surface area contributed by atoms with Crippen LogP contribution in [0.1, 0.15) is 18.6 Å². The first-order chi connectivity index (χ1) is 11.6. The highest BCUT2D eigenvalue weighted by Crippen LogP contribution is 2.53. The molecule has 4 atom stereocenters. The normalized spacial score (nSPS) is 36.9. The molecule has 4 aliphatic rings. The van der Waals surface area contributed by atoms with Crippen molar-refractivity contribution in [1.29, 1.82) is 0 Å². The van der Waals surface area contributed by atoms with Gasteiger partial charge in [-0.3, -0.25) is 14.5 Å². The third-order valence-corrected chi connectivity index (χ3v) is 5.70. The predicted octanol–water partition coefficient (Wildman–Crippen LogP) is 0.892. The van der Waals surface area contributed by atoms with E-state index in [9.17, 15) is 9.59 Å². The maximum absolute atomic E-state index is 13.1. The van der Waals surface area contributed by atoms with Gasteiger partial charge in [0, 0.05) is 19.2 Å². The van der Waals surface area contributed by atoms with E-state index in [-0.39, 0.29) is 17.9 Å². The van der Waals surface area contributed by atoms with Crippen molar-refractivity contribution in [3.63, 3.8) is 0 Å². The van der Waals surface area contributed by atoms with E-state index in [1.807, 2.05) is 17.1 Å². The van der Waals surface area contributed by atoms with Gasteiger partial charge in [0.25, 0.3) is 0 Å². The molecule has 5 heterocycles. The fraction of sp³-hybridized carbons (Fsp3) is 0.588. The Morgan fingerprint density at radius 3 is 2.88 bits per heavy atom. The van der Waals surface area contributed by atoms with Gasteiger partial charge in [0.2, 0.25) is 11.8 Å². The third-order valence-electron chi connectivity index (χ3n) is 5.70. The molecule has 0 aliphatic carbocycles. The molecule has 3 saturated heterocycles. The lowest BCUT2D eigenvalue weighted by Gasteiger charge is -2.27. The number of rotatable bonds is 2. The zero-order valence-electron chi connectivity index (χ0n) is 13.5. The van der Waals surface area contributed by atoms with E-state index in [1.54, 1.807) is 17.9 Å². The Hall–Kier alpha value is -2.15. The lowest BCUT2D eigenvalue weighted by molar-refractivity contribution is -0.139. The first kappa shape index (κ1) is 14.2. The molecular formula is C17H19N3O4. The predicted molar refractivity (Wildman–Crippen MR) is 83.1 cm³/mol. The summed E-state index contributed by atoms with van der Waals surface area (Å²) in [6.07, 6.45) is 5.69. The van der Waals surface area contributed by atoms with Crippen LogP contribution in [0.25, 0.3) is 0 Å². The average Bonchev–Trinajstić information content (AvgIpc) is 3.34. The van der Waals surface area contributed by atoms with Crippen molar-refractivity contribution in [1.82, 2.24) is 10.1 Å². The van der Waals surface area contributed by atoms with Crippen LogP contribution in [0, 0.1) is 18.8 Å². The summed E-state index contributed by atoms with van der Waals surface area (Å²) >= 11 is 0. The minimum Gasteiger partial charge on any atom is -0.360 e. The van der Waals surface area contributed by atoms with Gasteiger partial charge in [0.1, 0.15) is 11.4 Å². The van der Waals surface area contributed by atoms with Crippen LogP contribution in [0.2, 0.25) is 0 Å². The fourth-order valence-corrected chi connectivity index (χ4v) is 4.60. The Labute approximate surface area is 139 Å². The summed E-state index contributed by atoms with van der Waals surface area (Å²) in [7, 11) is 0. The zero-order chi connectivity index (χ0) is 16.5. The van der Waals surface area contributed by atoms with Gasteiger partial charge >= 0.3 is 0 Å². The lowest BCUT2D eigenvalue weighted by atomic mass is 9.76. The molecule has 1 spiro atoms. The van der Waals surface area contributed by atoms with Gasteiger partial charge in [0.15, 0.2) is 5.82 Å². The number of carbonyl (C=O) groups excluding carboxylic acids is 2. The standard InChI is InChI=1S/C17H19N3O4/c1-10-8-12(18-24-10)20-9-17-5-4-11(23-17)13(14(17)16(20)22)15(21)19-6-2-3-7-19/h4-5,8,11,13-14H,2-3,6-7,9H2,1H3/t11-,13-,14-,17+/m1/s1. The number of aromatic nitrogens is 1. The van der Waals surface area contributed by atoms with E-state index in [1.165, 1.54) is 0 Å². The first-order valence-corrected chi connectivity index (χ1v) is 8.50. The van der Waals surface area contributed by atoms with Crippen LogP contribution in [-0.2, 0) is 14.3 Å². The molecule has 4 aliphatic heterocycles.